The third-order valence-corrected chi connectivity index (χ3v) is 8.46. The molecule has 6 rings (SSSR count). The van der Waals surface area contributed by atoms with Gasteiger partial charge < -0.3 is 39.2 Å². The van der Waals surface area contributed by atoms with Gasteiger partial charge >= 0.3 is 12.4 Å². The summed E-state index contributed by atoms with van der Waals surface area (Å²) in [5.41, 5.74) is 2.59. The molecule has 1 N–H and O–H groups in total. The van der Waals surface area contributed by atoms with E-state index < -0.39 is 60.3 Å². The standard InChI is InChI=1S/C29H26F2N3O8S/c1-2-39-22(36)13-41-29(38)42-26-20(35)8-9-34-24(26)28(37)33-10-11-40-25(27(33)32-34)16-4-3-5-21-17(16)12-15-6-7-19(30)23(31)18(15)14-43-21/h3-9,25,27,29,38H,2,10-14H2,1H3/q-1/t25?,27-,29?/m0/s1. The lowest BCUT2D eigenvalue weighted by molar-refractivity contribution is -0.582. The smallest absolute Gasteiger partial charge is 0.332 e. The second-order valence-electron chi connectivity index (χ2n) is 9.85. The summed E-state index contributed by atoms with van der Waals surface area (Å²) >= 11 is 1.39. The van der Waals surface area contributed by atoms with Gasteiger partial charge in [0.25, 0.3) is 5.35 Å². The summed E-state index contributed by atoms with van der Waals surface area (Å²) in [6.45, 7) is -0.635. The first-order valence-electron chi connectivity index (χ1n) is 13.5. The minimum atomic E-state index is -2.04. The van der Waals surface area contributed by atoms with Gasteiger partial charge in [0.15, 0.2) is 24.0 Å². The molecule has 1 aromatic heterocycles. The molecular weight excluding hydrogens is 588 g/mol. The molecule has 0 aliphatic carbocycles. The van der Waals surface area contributed by atoms with Crippen LogP contribution < -0.4 is 24.7 Å². The molecule has 2 aromatic carbocycles. The second kappa shape index (κ2) is 12.0. The van der Waals surface area contributed by atoms with E-state index in [1.54, 1.807) is 13.0 Å². The van der Waals surface area contributed by atoms with Crippen LogP contribution in [0.1, 0.15) is 35.3 Å². The number of rotatable bonds is 7. The first kappa shape index (κ1) is 29.1. The molecule has 0 amide bonds. The monoisotopic (exact) mass is 614 g/mol. The van der Waals surface area contributed by atoms with Crippen molar-refractivity contribution in [2.45, 2.75) is 42.7 Å². The van der Waals surface area contributed by atoms with Gasteiger partial charge in [-0.15, -0.1) is 11.8 Å². The maximum absolute atomic E-state index is 14.6. The number of ether oxygens (including phenoxy) is 4. The number of fused-ring (bicyclic) bond motifs is 4. The van der Waals surface area contributed by atoms with Crippen molar-refractivity contribution >= 4 is 23.6 Å². The molecule has 3 aliphatic rings. The lowest BCUT2D eigenvalue weighted by atomic mass is 9.92. The van der Waals surface area contributed by atoms with Gasteiger partial charge in [0, 0.05) is 34.7 Å². The maximum Gasteiger partial charge on any atom is 0.332 e. The van der Waals surface area contributed by atoms with Crippen LogP contribution in [-0.2, 0) is 31.2 Å². The third kappa shape index (κ3) is 5.46. The van der Waals surface area contributed by atoms with E-state index >= 15 is 0 Å². The molecule has 3 atom stereocenters. The highest BCUT2D eigenvalue weighted by atomic mass is 32.2. The van der Waals surface area contributed by atoms with E-state index in [0.29, 0.717) is 17.5 Å². The zero-order valence-corrected chi connectivity index (χ0v) is 23.6. The quantitative estimate of drug-likeness (QED) is 0.229. The molecule has 0 saturated carbocycles. The van der Waals surface area contributed by atoms with Crippen molar-refractivity contribution in [3.63, 3.8) is 0 Å². The Balaban J connectivity index is 1.36. The first-order chi connectivity index (χ1) is 20.8. The Morgan fingerprint density at radius 3 is 2.91 bits per heavy atom. The van der Waals surface area contributed by atoms with Crippen molar-refractivity contribution in [1.82, 2.24) is 4.90 Å². The number of aromatic nitrogens is 1. The largest absolute Gasteiger partial charge is 0.870 e. The lowest BCUT2D eigenvalue weighted by Crippen LogP contribution is -2.59. The summed E-state index contributed by atoms with van der Waals surface area (Å²) < 4.78 is 50.9. The van der Waals surface area contributed by atoms with E-state index in [4.69, 9.17) is 24.1 Å². The summed E-state index contributed by atoms with van der Waals surface area (Å²) in [6.07, 6.45) is 0.0942. The average molecular weight is 615 g/mol. The predicted molar refractivity (Wildman–Crippen MR) is 141 cm³/mol. The highest BCUT2D eigenvalue weighted by Gasteiger charge is 2.40. The van der Waals surface area contributed by atoms with Crippen LogP contribution in [0.15, 0.2) is 52.6 Å². The number of halogens is 2. The number of hydrogen-bond donors (Lipinski definition) is 1. The molecule has 0 bridgehead atoms. The van der Waals surface area contributed by atoms with Crippen LogP contribution in [0.25, 0.3) is 5.88 Å². The number of morpholine rings is 1. The number of thioether (sulfide) groups is 1. The fourth-order valence-electron chi connectivity index (χ4n) is 5.38. The first-order valence-corrected chi connectivity index (χ1v) is 14.5. The molecular formula is C29H26F2N3O8S-. The molecule has 226 valence electrons. The van der Waals surface area contributed by atoms with Crippen LogP contribution in [0.4, 0.5) is 8.78 Å². The van der Waals surface area contributed by atoms with Crippen molar-refractivity contribution in [2.75, 3.05) is 26.4 Å². The Bertz CT molecular complexity index is 1710. The fourth-order valence-corrected chi connectivity index (χ4v) is 6.53. The van der Waals surface area contributed by atoms with Crippen LogP contribution in [0.3, 0.4) is 0 Å². The number of pyridine rings is 1. The van der Waals surface area contributed by atoms with Gasteiger partial charge in [-0.1, -0.05) is 28.3 Å². The van der Waals surface area contributed by atoms with E-state index in [-0.39, 0.29) is 30.9 Å². The summed E-state index contributed by atoms with van der Waals surface area (Å²) in [5.74, 6) is -4.02. The molecule has 4 heterocycles. The highest BCUT2D eigenvalue weighted by Crippen LogP contribution is 2.41. The van der Waals surface area contributed by atoms with Gasteiger partial charge in [-0.2, -0.15) is 0 Å². The molecule has 3 aromatic rings. The molecule has 0 radical (unpaired) electrons. The normalized spacial score (nSPS) is 19.6. The van der Waals surface area contributed by atoms with Crippen molar-refractivity contribution in [3.8, 4) is 11.5 Å². The number of benzene rings is 2. The predicted octanol–water partition coefficient (Wildman–Crippen LogP) is 0.628. The maximum atomic E-state index is 14.6. The van der Waals surface area contributed by atoms with E-state index in [0.717, 1.165) is 28.2 Å². The number of carbonyl (C=O) groups is 1. The zero-order valence-electron chi connectivity index (χ0n) is 22.8. The molecule has 14 heteroatoms. The Morgan fingerprint density at radius 1 is 1.26 bits per heavy atom. The van der Waals surface area contributed by atoms with E-state index in [9.17, 15) is 28.9 Å². The van der Waals surface area contributed by atoms with E-state index in [1.807, 2.05) is 18.2 Å². The van der Waals surface area contributed by atoms with Gasteiger partial charge in [0.05, 0.1) is 13.2 Å². The Morgan fingerprint density at radius 2 is 2.09 bits per heavy atom. The van der Waals surface area contributed by atoms with Crippen LogP contribution in [-0.4, -0.2) is 55.0 Å². The topological polar surface area (TPSA) is 142 Å². The van der Waals surface area contributed by atoms with Crippen molar-refractivity contribution in [1.29, 1.82) is 0 Å². The number of carbonyl (C=O) groups excluding carboxylic acids is 1. The number of hydrogen-bond acceptors (Lipinski definition) is 11. The van der Waals surface area contributed by atoms with E-state index in [1.165, 1.54) is 27.2 Å². The summed E-state index contributed by atoms with van der Waals surface area (Å²) in [4.78, 5) is 13.9. The summed E-state index contributed by atoms with van der Waals surface area (Å²) in [6, 6.07) is 9.45. The van der Waals surface area contributed by atoms with Crippen LogP contribution in [0.2, 0.25) is 0 Å². The van der Waals surface area contributed by atoms with Crippen LogP contribution >= 0.6 is 11.8 Å². The summed E-state index contributed by atoms with van der Waals surface area (Å²) in [7, 11) is 0. The second-order valence-corrected chi connectivity index (χ2v) is 10.9. The van der Waals surface area contributed by atoms with Crippen molar-refractivity contribution in [3.05, 3.63) is 81.8 Å². The van der Waals surface area contributed by atoms with Gasteiger partial charge in [-0.25, -0.2) is 13.6 Å². The average Bonchev–Trinajstić information content (AvgIpc) is 3.19. The van der Waals surface area contributed by atoms with Crippen LogP contribution in [0, 0.1) is 11.6 Å². The Kier molecular flexibility index (Phi) is 8.09. The van der Waals surface area contributed by atoms with E-state index in [2.05, 4.69) is 0 Å². The highest BCUT2D eigenvalue weighted by molar-refractivity contribution is 7.98. The van der Waals surface area contributed by atoms with Gasteiger partial charge in [0.2, 0.25) is 12.4 Å². The number of aliphatic hydroxyl groups is 1. The Hall–Kier alpha value is -3.98. The molecule has 0 spiro atoms. The van der Waals surface area contributed by atoms with Crippen LogP contribution in [0.5, 0.6) is 11.5 Å². The van der Waals surface area contributed by atoms with Gasteiger partial charge in [0.1, 0.15) is 6.10 Å². The number of esters is 1. The van der Waals surface area contributed by atoms with Crippen molar-refractivity contribution in [2.24, 2.45) is 5.11 Å². The van der Waals surface area contributed by atoms with Gasteiger partial charge in [-0.3, -0.25) is 0 Å². The number of aliphatic hydroxyl groups excluding tert-OH is 1. The molecule has 3 aliphatic heterocycles. The molecule has 2 unspecified atom stereocenters. The number of nitrogens with zero attached hydrogens (tertiary/aromatic N) is 3. The fraction of sp³-hybridized carbons (Fsp3) is 0.345. The molecule has 1 saturated heterocycles. The SMILES string of the molecule is CCOC(=O)COC(O)Oc1c([O-])cc[n+]2c1=C([O-])N1CCOC(c3cccc4c3Cc3ccc(F)c(F)c3CS4)[C@H]1N=2. The zero-order chi connectivity index (χ0) is 30.2. The van der Waals surface area contributed by atoms with Crippen molar-refractivity contribution < 1.29 is 52.2 Å². The lowest BCUT2D eigenvalue weighted by Gasteiger charge is -2.42. The van der Waals surface area contributed by atoms with Gasteiger partial charge in [-0.05, 0) is 47.3 Å². The molecule has 43 heavy (non-hydrogen) atoms. The molecule has 1 fully saturated rings. The Labute approximate surface area is 248 Å². The minimum Gasteiger partial charge on any atom is -0.870 e. The molecule has 11 nitrogen and oxygen atoms in total. The summed E-state index contributed by atoms with van der Waals surface area (Å²) in [5, 5.41) is 41.2. The minimum absolute atomic E-state index is 0.112. The third-order valence-electron chi connectivity index (χ3n) is 7.34.